The fraction of sp³-hybridized carbons (Fsp3) is 0.214. The van der Waals surface area contributed by atoms with Crippen molar-refractivity contribution >= 4 is 27.6 Å². The second kappa shape index (κ2) is 5.48. The number of carboxylic acids is 1. The number of aryl methyl sites for hydroxylation is 1. The maximum Gasteiger partial charge on any atom is 0.372 e. The van der Waals surface area contributed by atoms with Gasteiger partial charge in [-0.15, -0.1) is 0 Å². The summed E-state index contributed by atoms with van der Waals surface area (Å²) in [6.07, 6.45) is 0. The highest BCUT2D eigenvalue weighted by Gasteiger charge is 2.14. The van der Waals surface area contributed by atoms with Gasteiger partial charge in [-0.3, -0.25) is 0 Å². The van der Waals surface area contributed by atoms with Crippen molar-refractivity contribution in [1.29, 1.82) is 0 Å². The van der Waals surface area contributed by atoms with E-state index in [1.54, 1.807) is 13.0 Å². The molecule has 0 amide bonds. The van der Waals surface area contributed by atoms with E-state index in [2.05, 4.69) is 21.2 Å². The summed E-state index contributed by atoms with van der Waals surface area (Å²) in [5.74, 6) is -0.431. The quantitative estimate of drug-likeness (QED) is 0.893. The average molecular weight is 324 g/mol. The maximum atomic E-state index is 10.9. The Kier molecular flexibility index (Phi) is 3.95. The lowest BCUT2D eigenvalue weighted by molar-refractivity contribution is 0.0659. The fourth-order valence-corrected chi connectivity index (χ4v) is 2.20. The molecule has 0 saturated carbocycles. The number of carbonyl (C=O) groups is 1. The van der Waals surface area contributed by atoms with Crippen LogP contribution in [0.2, 0.25) is 0 Å². The molecule has 1 heterocycles. The van der Waals surface area contributed by atoms with Crippen molar-refractivity contribution in [2.75, 3.05) is 5.32 Å². The maximum absolute atomic E-state index is 10.9. The predicted molar refractivity (Wildman–Crippen MR) is 76.6 cm³/mol. The van der Waals surface area contributed by atoms with Crippen LogP contribution in [0.3, 0.4) is 0 Å². The Hall–Kier alpha value is -1.75. The zero-order chi connectivity index (χ0) is 14.0. The van der Waals surface area contributed by atoms with E-state index < -0.39 is 5.97 Å². The molecule has 0 aliphatic rings. The lowest BCUT2D eigenvalue weighted by atomic mass is 10.2. The minimum atomic E-state index is -1.04. The summed E-state index contributed by atoms with van der Waals surface area (Å²) < 4.78 is 6.32. The molecule has 0 bridgehead atoms. The van der Waals surface area contributed by atoms with Gasteiger partial charge in [0.2, 0.25) is 5.76 Å². The second-order valence-electron chi connectivity index (χ2n) is 4.30. The molecule has 2 N–H and O–H groups in total. The van der Waals surface area contributed by atoms with E-state index in [0.717, 1.165) is 15.7 Å². The summed E-state index contributed by atoms with van der Waals surface area (Å²) >= 11 is 3.47. The minimum Gasteiger partial charge on any atom is -0.475 e. The van der Waals surface area contributed by atoms with Crippen LogP contribution in [0.25, 0.3) is 0 Å². The number of halogens is 1. The summed E-state index contributed by atoms with van der Waals surface area (Å²) in [5.41, 5.74) is 2.72. The summed E-state index contributed by atoms with van der Waals surface area (Å²) in [6, 6.07) is 7.62. The number of furan rings is 1. The Morgan fingerprint density at radius 3 is 2.79 bits per heavy atom. The molecule has 0 aliphatic carbocycles. The first kappa shape index (κ1) is 13.7. The van der Waals surface area contributed by atoms with Crippen LogP contribution in [0.5, 0.6) is 0 Å². The van der Waals surface area contributed by atoms with Crippen LogP contribution >= 0.6 is 15.9 Å². The van der Waals surface area contributed by atoms with Crippen molar-refractivity contribution in [2.24, 2.45) is 0 Å². The highest BCUT2D eigenvalue weighted by molar-refractivity contribution is 9.10. The third-order valence-electron chi connectivity index (χ3n) is 2.88. The number of rotatable bonds is 4. The SMILES string of the molecule is Cc1cc(CNc2cccc(Br)c2C)oc1C(=O)O. The topological polar surface area (TPSA) is 62.5 Å². The van der Waals surface area contributed by atoms with Crippen molar-refractivity contribution in [1.82, 2.24) is 0 Å². The van der Waals surface area contributed by atoms with Crippen LogP contribution in [0.1, 0.15) is 27.4 Å². The molecule has 0 unspecified atom stereocenters. The first-order valence-corrected chi connectivity index (χ1v) is 6.60. The molecule has 5 heteroatoms. The lowest BCUT2D eigenvalue weighted by Crippen LogP contribution is -2.00. The molecule has 0 aliphatic heterocycles. The summed E-state index contributed by atoms with van der Waals surface area (Å²) in [6.45, 7) is 4.18. The number of benzene rings is 1. The summed E-state index contributed by atoms with van der Waals surface area (Å²) in [4.78, 5) is 10.9. The molecular formula is C14H14BrNO3. The molecule has 1 aromatic heterocycles. The van der Waals surface area contributed by atoms with E-state index in [4.69, 9.17) is 9.52 Å². The monoisotopic (exact) mass is 323 g/mol. The molecule has 4 nitrogen and oxygen atoms in total. The predicted octanol–water partition coefficient (Wildman–Crippen LogP) is 3.97. The summed E-state index contributed by atoms with van der Waals surface area (Å²) in [5, 5.41) is 12.2. The third-order valence-corrected chi connectivity index (χ3v) is 3.74. The van der Waals surface area contributed by atoms with Gasteiger partial charge in [0.25, 0.3) is 0 Å². The van der Waals surface area contributed by atoms with Gasteiger partial charge in [-0.1, -0.05) is 22.0 Å². The van der Waals surface area contributed by atoms with E-state index in [-0.39, 0.29) is 5.76 Å². The first-order chi connectivity index (χ1) is 8.99. The molecule has 2 aromatic rings. The zero-order valence-corrected chi connectivity index (χ0v) is 12.2. The number of nitrogens with one attached hydrogen (secondary N) is 1. The van der Waals surface area contributed by atoms with Crippen molar-refractivity contribution in [3.8, 4) is 0 Å². The van der Waals surface area contributed by atoms with E-state index in [9.17, 15) is 4.79 Å². The number of hydrogen-bond donors (Lipinski definition) is 2. The third kappa shape index (κ3) is 2.98. The Morgan fingerprint density at radius 1 is 1.42 bits per heavy atom. The van der Waals surface area contributed by atoms with E-state index in [1.807, 2.05) is 25.1 Å². The molecule has 0 saturated heterocycles. The van der Waals surface area contributed by atoms with Crippen LogP contribution in [0.15, 0.2) is 33.2 Å². The zero-order valence-electron chi connectivity index (χ0n) is 10.7. The minimum absolute atomic E-state index is 0.00256. The lowest BCUT2D eigenvalue weighted by Gasteiger charge is -2.09. The van der Waals surface area contributed by atoms with Crippen LogP contribution in [-0.2, 0) is 6.54 Å². The molecular weight excluding hydrogens is 310 g/mol. The molecule has 1 aromatic carbocycles. The Balaban J connectivity index is 2.13. The second-order valence-corrected chi connectivity index (χ2v) is 5.15. The van der Waals surface area contributed by atoms with Gasteiger partial charge >= 0.3 is 5.97 Å². The molecule has 100 valence electrons. The molecule has 19 heavy (non-hydrogen) atoms. The molecule has 2 rings (SSSR count). The summed E-state index contributed by atoms with van der Waals surface area (Å²) in [7, 11) is 0. The van der Waals surface area contributed by atoms with Gasteiger partial charge < -0.3 is 14.8 Å². The van der Waals surface area contributed by atoms with Crippen molar-refractivity contribution in [3.63, 3.8) is 0 Å². The van der Waals surface area contributed by atoms with Gasteiger partial charge in [-0.2, -0.15) is 0 Å². The Labute approximate surface area is 119 Å². The standard InChI is InChI=1S/C14H14BrNO3/c1-8-6-10(19-13(8)14(17)18)7-16-12-5-3-4-11(15)9(12)2/h3-6,16H,7H2,1-2H3,(H,17,18). The van der Waals surface area contributed by atoms with Crippen LogP contribution < -0.4 is 5.32 Å². The van der Waals surface area contributed by atoms with Gasteiger partial charge in [0.15, 0.2) is 0 Å². The first-order valence-electron chi connectivity index (χ1n) is 5.80. The number of hydrogen-bond acceptors (Lipinski definition) is 3. The van der Waals surface area contributed by atoms with Gasteiger partial charge in [0.1, 0.15) is 5.76 Å². The largest absolute Gasteiger partial charge is 0.475 e. The van der Waals surface area contributed by atoms with Crippen molar-refractivity contribution in [2.45, 2.75) is 20.4 Å². The van der Waals surface area contributed by atoms with Crippen molar-refractivity contribution < 1.29 is 14.3 Å². The molecule has 0 atom stereocenters. The highest BCUT2D eigenvalue weighted by atomic mass is 79.9. The fourth-order valence-electron chi connectivity index (χ4n) is 1.83. The van der Waals surface area contributed by atoms with Crippen LogP contribution in [0, 0.1) is 13.8 Å². The van der Waals surface area contributed by atoms with Crippen molar-refractivity contribution in [3.05, 3.63) is 51.4 Å². The molecule has 0 radical (unpaired) electrons. The van der Waals surface area contributed by atoms with E-state index in [0.29, 0.717) is 17.9 Å². The smallest absolute Gasteiger partial charge is 0.372 e. The van der Waals surface area contributed by atoms with Gasteiger partial charge in [-0.25, -0.2) is 4.79 Å². The highest BCUT2D eigenvalue weighted by Crippen LogP contribution is 2.24. The number of carboxylic acid groups (broad SMARTS) is 1. The number of anilines is 1. The molecule has 0 spiro atoms. The van der Waals surface area contributed by atoms with Gasteiger partial charge in [0.05, 0.1) is 6.54 Å². The Morgan fingerprint density at radius 2 is 2.16 bits per heavy atom. The van der Waals surface area contributed by atoms with E-state index >= 15 is 0 Å². The molecule has 0 fully saturated rings. The average Bonchev–Trinajstić information content (AvgIpc) is 2.73. The number of aromatic carboxylic acids is 1. The van der Waals surface area contributed by atoms with Gasteiger partial charge in [-0.05, 0) is 37.6 Å². The van der Waals surface area contributed by atoms with E-state index in [1.165, 1.54) is 0 Å². The van der Waals surface area contributed by atoms with Crippen LogP contribution in [0.4, 0.5) is 5.69 Å². The Bertz CT molecular complexity index is 619. The van der Waals surface area contributed by atoms with Crippen LogP contribution in [-0.4, -0.2) is 11.1 Å². The normalized spacial score (nSPS) is 10.5. The van der Waals surface area contributed by atoms with Gasteiger partial charge in [0, 0.05) is 15.7 Å².